The van der Waals surface area contributed by atoms with Crippen LogP contribution in [0.1, 0.15) is 33.3 Å². The molecule has 1 N–H and O–H groups in total. The van der Waals surface area contributed by atoms with Crippen LogP contribution in [0.15, 0.2) is 24.3 Å². The van der Waals surface area contributed by atoms with Gasteiger partial charge in [0.2, 0.25) is 0 Å². The molecule has 100 valence electrons. The molecule has 18 heavy (non-hydrogen) atoms. The van der Waals surface area contributed by atoms with Crippen molar-refractivity contribution in [3.63, 3.8) is 0 Å². The Morgan fingerprint density at radius 3 is 2.67 bits per heavy atom. The monoisotopic (exact) mass is 269 g/mol. The van der Waals surface area contributed by atoms with Crippen LogP contribution in [0.4, 0.5) is 4.79 Å². The summed E-state index contributed by atoms with van der Waals surface area (Å²) < 4.78 is 5.19. The Labute approximate surface area is 113 Å². The Morgan fingerprint density at radius 1 is 1.44 bits per heavy atom. The smallest absolute Gasteiger partial charge is 0.407 e. The average molecular weight is 270 g/mol. The van der Waals surface area contributed by atoms with Gasteiger partial charge >= 0.3 is 6.09 Å². The van der Waals surface area contributed by atoms with Gasteiger partial charge < -0.3 is 10.1 Å². The number of rotatable bonds is 3. The zero-order valence-corrected chi connectivity index (χ0v) is 12.0. The molecular formula is C14H20ClNO2. The van der Waals surface area contributed by atoms with E-state index in [-0.39, 0.29) is 6.04 Å². The summed E-state index contributed by atoms with van der Waals surface area (Å²) in [4.78, 5) is 11.6. The van der Waals surface area contributed by atoms with Crippen LogP contribution in [0.25, 0.3) is 0 Å². The summed E-state index contributed by atoms with van der Waals surface area (Å²) in [6, 6.07) is 7.61. The summed E-state index contributed by atoms with van der Waals surface area (Å²) in [6.07, 6.45) is 0.330. The summed E-state index contributed by atoms with van der Waals surface area (Å²) in [7, 11) is 0. The molecule has 1 aromatic rings. The van der Waals surface area contributed by atoms with Crippen LogP contribution >= 0.6 is 11.6 Å². The first-order chi connectivity index (χ1) is 8.26. The molecule has 0 fully saturated rings. The van der Waals surface area contributed by atoms with Gasteiger partial charge in [0.15, 0.2) is 0 Å². The van der Waals surface area contributed by atoms with Crippen molar-refractivity contribution in [2.75, 3.05) is 0 Å². The summed E-state index contributed by atoms with van der Waals surface area (Å²) >= 11 is 5.91. The van der Waals surface area contributed by atoms with E-state index in [0.29, 0.717) is 5.02 Å². The van der Waals surface area contributed by atoms with Crippen molar-refractivity contribution >= 4 is 17.7 Å². The minimum atomic E-state index is -0.472. The number of hydrogen-bond donors (Lipinski definition) is 1. The molecule has 0 aliphatic carbocycles. The molecule has 0 unspecified atom stereocenters. The number of amides is 1. The van der Waals surface area contributed by atoms with E-state index in [1.807, 2.05) is 52.0 Å². The van der Waals surface area contributed by atoms with Crippen LogP contribution in [0.2, 0.25) is 5.02 Å². The minimum Gasteiger partial charge on any atom is -0.444 e. The standard InChI is InChI=1S/C14H20ClNO2/c1-10(16-13(17)18-14(2,3)4)8-11-6-5-7-12(15)9-11/h5-7,9-10H,8H2,1-4H3,(H,16,17)/t10-/m0/s1. The molecule has 0 spiro atoms. The van der Waals surface area contributed by atoms with Crippen LogP contribution < -0.4 is 5.32 Å². The fourth-order valence-electron chi connectivity index (χ4n) is 1.58. The largest absolute Gasteiger partial charge is 0.444 e. The van der Waals surface area contributed by atoms with Crippen molar-refractivity contribution in [1.29, 1.82) is 0 Å². The number of benzene rings is 1. The molecule has 0 radical (unpaired) electrons. The van der Waals surface area contributed by atoms with E-state index in [2.05, 4.69) is 5.32 Å². The Balaban J connectivity index is 2.47. The van der Waals surface area contributed by atoms with Gasteiger partial charge in [0.1, 0.15) is 5.60 Å². The van der Waals surface area contributed by atoms with Gasteiger partial charge in [0.05, 0.1) is 0 Å². The molecule has 3 nitrogen and oxygen atoms in total. The van der Waals surface area contributed by atoms with Gasteiger partial charge in [-0.15, -0.1) is 0 Å². The molecule has 0 aliphatic heterocycles. The molecule has 1 atom stereocenters. The predicted octanol–water partition coefficient (Wildman–Crippen LogP) is 3.80. The first-order valence-corrected chi connectivity index (χ1v) is 6.38. The van der Waals surface area contributed by atoms with E-state index >= 15 is 0 Å². The van der Waals surface area contributed by atoms with Crippen LogP contribution in [0.5, 0.6) is 0 Å². The first kappa shape index (κ1) is 14.8. The zero-order valence-electron chi connectivity index (χ0n) is 11.3. The maximum atomic E-state index is 11.6. The van der Waals surface area contributed by atoms with Gasteiger partial charge in [-0.25, -0.2) is 4.79 Å². The third-order valence-electron chi connectivity index (χ3n) is 2.19. The van der Waals surface area contributed by atoms with Gasteiger partial charge in [-0.3, -0.25) is 0 Å². The van der Waals surface area contributed by atoms with Crippen LogP contribution in [0, 0.1) is 0 Å². The van der Waals surface area contributed by atoms with Crippen molar-refractivity contribution in [3.8, 4) is 0 Å². The number of halogens is 1. The minimum absolute atomic E-state index is 0.00156. The molecule has 0 heterocycles. The highest BCUT2D eigenvalue weighted by atomic mass is 35.5. The van der Waals surface area contributed by atoms with E-state index in [1.54, 1.807) is 0 Å². The second-order valence-corrected chi connectivity index (χ2v) is 5.82. The Morgan fingerprint density at radius 2 is 2.11 bits per heavy atom. The third-order valence-corrected chi connectivity index (χ3v) is 2.43. The number of hydrogen-bond acceptors (Lipinski definition) is 2. The van der Waals surface area contributed by atoms with E-state index < -0.39 is 11.7 Å². The first-order valence-electron chi connectivity index (χ1n) is 6.00. The Kier molecular flexibility index (Phi) is 5.03. The third kappa shape index (κ3) is 5.92. The lowest BCUT2D eigenvalue weighted by molar-refractivity contribution is 0.0508. The lowest BCUT2D eigenvalue weighted by Gasteiger charge is -2.22. The molecule has 0 aliphatic rings. The fraction of sp³-hybridized carbons (Fsp3) is 0.500. The van der Waals surface area contributed by atoms with Crippen molar-refractivity contribution in [1.82, 2.24) is 5.32 Å². The quantitative estimate of drug-likeness (QED) is 0.906. The van der Waals surface area contributed by atoms with E-state index in [4.69, 9.17) is 16.3 Å². The van der Waals surface area contributed by atoms with Gasteiger partial charge in [-0.1, -0.05) is 23.7 Å². The molecule has 0 bridgehead atoms. The molecule has 0 saturated carbocycles. The molecule has 4 heteroatoms. The normalized spacial score (nSPS) is 12.9. The highest BCUT2D eigenvalue weighted by molar-refractivity contribution is 6.30. The van der Waals surface area contributed by atoms with Gasteiger partial charge in [-0.05, 0) is 51.8 Å². The Bertz CT molecular complexity index is 413. The summed E-state index contributed by atoms with van der Waals surface area (Å²) in [5.74, 6) is 0. The maximum Gasteiger partial charge on any atom is 0.407 e. The van der Waals surface area contributed by atoms with E-state index in [1.165, 1.54) is 0 Å². The summed E-state index contributed by atoms with van der Waals surface area (Å²) in [6.45, 7) is 7.46. The molecule has 1 aromatic carbocycles. The zero-order chi connectivity index (χ0) is 13.8. The summed E-state index contributed by atoms with van der Waals surface area (Å²) in [5.41, 5.74) is 0.617. The molecule has 0 saturated heterocycles. The van der Waals surface area contributed by atoms with Gasteiger partial charge in [-0.2, -0.15) is 0 Å². The van der Waals surface area contributed by atoms with Crippen LogP contribution in [0.3, 0.4) is 0 Å². The number of nitrogens with one attached hydrogen (secondary N) is 1. The second-order valence-electron chi connectivity index (χ2n) is 5.38. The van der Waals surface area contributed by atoms with E-state index in [9.17, 15) is 4.79 Å². The van der Waals surface area contributed by atoms with Gasteiger partial charge in [0, 0.05) is 11.1 Å². The maximum absolute atomic E-state index is 11.6. The fourth-order valence-corrected chi connectivity index (χ4v) is 1.79. The molecule has 1 amide bonds. The molecule has 0 aromatic heterocycles. The second kappa shape index (κ2) is 6.10. The number of carbonyl (C=O) groups excluding carboxylic acids is 1. The van der Waals surface area contributed by atoms with Crippen molar-refractivity contribution in [2.24, 2.45) is 0 Å². The topological polar surface area (TPSA) is 38.3 Å². The lowest BCUT2D eigenvalue weighted by atomic mass is 10.1. The number of alkyl carbamates (subject to hydrolysis) is 1. The Hall–Kier alpha value is -1.22. The average Bonchev–Trinajstić information content (AvgIpc) is 2.13. The lowest BCUT2D eigenvalue weighted by Crippen LogP contribution is -2.38. The van der Waals surface area contributed by atoms with Crippen molar-refractivity contribution < 1.29 is 9.53 Å². The van der Waals surface area contributed by atoms with Crippen LogP contribution in [-0.4, -0.2) is 17.7 Å². The number of carbonyl (C=O) groups is 1. The van der Waals surface area contributed by atoms with Crippen molar-refractivity contribution in [3.05, 3.63) is 34.9 Å². The predicted molar refractivity (Wildman–Crippen MR) is 74.0 cm³/mol. The SMILES string of the molecule is C[C@@H](Cc1cccc(Cl)c1)NC(=O)OC(C)(C)C. The van der Waals surface area contributed by atoms with Crippen LogP contribution in [-0.2, 0) is 11.2 Å². The highest BCUT2D eigenvalue weighted by Gasteiger charge is 2.17. The summed E-state index contributed by atoms with van der Waals surface area (Å²) in [5, 5.41) is 3.51. The van der Waals surface area contributed by atoms with Crippen molar-refractivity contribution in [2.45, 2.75) is 45.8 Å². The number of ether oxygens (including phenoxy) is 1. The molecular weight excluding hydrogens is 250 g/mol. The highest BCUT2D eigenvalue weighted by Crippen LogP contribution is 2.12. The molecule has 1 rings (SSSR count). The van der Waals surface area contributed by atoms with Gasteiger partial charge in [0.25, 0.3) is 0 Å². The van der Waals surface area contributed by atoms with E-state index in [0.717, 1.165) is 12.0 Å².